The molecule has 0 aliphatic rings. The molecule has 0 rings (SSSR count). The van der Waals surface area contributed by atoms with Crippen LogP contribution in [-0.4, -0.2) is 73.4 Å². The molecule has 8 nitrogen and oxygen atoms in total. The van der Waals surface area contributed by atoms with Gasteiger partial charge >= 0.3 is 7.82 Å². The van der Waals surface area contributed by atoms with Gasteiger partial charge < -0.3 is 19.8 Å². The lowest BCUT2D eigenvalue weighted by Crippen LogP contribution is -2.45. The first kappa shape index (κ1) is 68.1. The van der Waals surface area contributed by atoms with Gasteiger partial charge in [-0.25, -0.2) is 4.57 Å². The molecule has 406 valence electrons. The molecule has 0 aromatic rings. The van der Waals surface area contributed by atoms with Gasteiger partial charge in [0.15, 0.2) is 0 Å². The number of nitrogens with zero attached hydrogens (tertiary/aromatic N) is 1. The molecule has 0 radical (unpaired) electrons. The van der Waals surface area contributed by atoms with Crippen LogP contribution in [0.5, 0.6) is 0 Å². The van der Waals surface area contributed by atoms with Crippen LogP contribution < -0.4 is 5.32 Å². The Balaban J connectivity index is 4.24. The van der Waals surface area contributed by atoms with Crippen LogP contribution in [0.1, 0.15) is 181 Å². The van der Waals surface area contributed by atoms with E-state index in [2.05, 4.69) is 165 Å². The number of aliphatic hydroxyl groups excluding tert-OH is 1. The van der Waals surface area contributed by atoms with Crippen LogP contribution in [0.4, 0.5) is 0 Å². The molecule has 0 aliphatic heterocycles. The zero-order valence-electron chi connectivity index (χ0n) is 46.1. The summed E-state index contributed by atoms with van der Waals surface area (Å²) in [4.78, 5) is 23.2. The number of amides is 1. The number of likely N-dealkylation sites (N-methyl/N-ethyl adjacent to an activating group) is 1. The summed E-state index contributed by atoms with van der Waals surface area (Å²) in [6.45, 7) is 4.59. The molecule has 0 saturated carbocycles. The lowest BCUT2D eigenvalue weighted by molar-refractivity contribution is -0.870. The molecule has 1 amide bonds. The van der Waals surface area contributed by atoms with Gasteiger partial charge in [-0.15, -0.1) is 0 Å². The van der Waals surface area contributed by atoms with Crippen molar-refractivity contribution in [2.75, 3.05) is 40.9 Å². The molecule has 0 spiro atoms. The van der Waals surface area contributed by atoms with E-state index in [4.69, 9.17) is 9.05 Å². The first-order chi connectivity index (χ1) is 35.0. The minimum absolute atomic E-state index is 0.0413. The average Bonchev–Trinajstić information content (AvgIpc) is 3.34. The molecule has 3 unspecified atom stereocenters. The predicted octanol–water partition coefficient (Wildman–Crippen LogP) is 17.1. The van der Waals surface area contributed by atoms with Gasteiger partial charge in [0.1, 0.15) is 13.2 Å². The summed E-state index contributed by atoms with van der Waals surface area (Å²) in [6.07, 6.45) is 82.0. The lowest BCUT2D eigenvalue weighted by atomic mass is 10.1. The van der Waals surface area contributed by atoms with Crippen LogP contribution in [0, 0.1) is 0 Å². The standard InChI is InChI=1S/C63H103N2O6P/c1-6-8-10-12-14-16-18-20-21-22-23-24-25-26-27-28-29-30-31-32-33-34-35-36-37-38-39-40-41-42-43-45-47-49-51-53-55-57-63(67)64-61(60-71-72(68,69)70-59-58-65(3,4)5)62(66)56-54-52-50-48-46-44-19-17-15-13-11-9-7-2/h8,10,14-17,20-21,23-24,26-27,29-30,32-33,35-36,38-39,41-42,46,48,54,56,61-62,66H,6-7,9,11-13,18-19,22,25,28,31,34,37,40,43-45,47,49-53,55,57-60H2,1-5H3,(H-,64,67,68,69)/p+1/b10-8-,16-14-,17-15+,21-20-,24-23-,27-26-,30-29-,33-32-,36-35-,39-38-,42-41-,48-46+,56-54+. The number of hydrogen-bond acceptors (Lipinski definition) is 5. The Morgan fingerprint density at radius 1 is 0.486 bits per heavy atom. The van der Waals surface area contributed by atoms with Gasteiger partial charge in [-0.05, 0) is 122 Å². The number of phosphoric ester groups is 1. The van der Waals surface area contributed by atoms with E-state index < -0.39 is 20.0 Å². The van der Waals surface area contributed by atoms with E-state index in [0.29, 0.717) is 17.4 Å². The van der Waals surface area contributed by atoms with Crippen molar-refractivity contribution in [2.24, 2.45) is 0 Å². The number of nitrogens with one attached hydrogen (secondary N) is 1. The van der Waals surface area contributed by atoms with Crippen LogP contribution in [0.2, 0.25) is 0 Å². The highest BCUT2D eigenvalue weighted by Crippen LogP contribution is 2.43. The largest absolute Gasteiger partial charge is 0.472 e. The number of aliphatic hydroxyl groups is 1. The van der Waals surface area contributed by atoms with Crippen LogP contribution in [-0.2, 0) is 18.4 Å². The zero-order chi connectivity index (χ0) is 52.7. The number of carbonyl (C=O) groups is 1. The molecule has 0 heterocycles. The van der Waals surface area contributed by atoms with E-state index >= 15 is 0 Å². The highest BCUT2D eigenvalue weighted by Gasteiger charge is 2.27. The summed E-state index contributed by atoms with van der Waals surface area (Å²) in [5.74, 6) is -0.215. The van der Waals surface area contributed by atoms with Crippen LogP contribution in [0.15, 0.2) is 158 Å². The summed E-state index contributed by atoms with van der Waals surface area (Å²) in [5.41, 5.74) is 0. The number of hydrogen-bond donors (Lipinski definition) is 3. The fourth-order valence-electron chi connectivity index (χ4n) is 6.86. The number of phosphoric acid groups is 1. The highest BCUT2D eigenvalue weighted by atomic mass is 31.2. The van der Waals surface area contributed by atoms with Crippen LogP contribution in [0.25, 0.3) is 0 Å². The van der Waals surface area contributed by atoms with Gasteiger partial charge in [-0.3, -0.25) is 13.8 Å². The molecule has 0 aromatic heterocycles. The molecule has 0 aromatic carbocycles. The second kappa shape index (κ2) is 52.0. The SMILES string of the molecule is CC/C=C\C/C=C\C/C=C\C/C=C\C/C=C\C/C=C\C/C=C\C/C=C\C/C=C\C/C=C\CCCCCCCCC(=O)NC(COP(=O)(O)OCC[N+](C)(C)C)C(O)/C=C/CC/C=C/CC/C=C/CCCCC. The van der Waals surface area contributed by atoms with Crippen LogP contribution >= 0.6 is 7.82 Å². The molecule has 3 N–H and O–H groups in total. The Bertz CT molecular complexity index is 1720. The molecule has 3 atom stereocenters. The third-order valence-electron chi connectivity index (χ3n) is 11.2. The Morgan fingerprint density at radius 3 is 1.28 bits per heavy atom. The first-order valence-corrected chi connectivity index (χ1v) is 29.4. The molecule has 0 aliphatic carbocycles. The van der Waals surface area contributed by atoms with Crippen molar-refractivity contribution in [1.82, 2.24) is 5.32 Å². The zero-order valence-corrected chi connectivity index (χ0v) is 47.0. The van der Waals surface area contributed by atoms with E-state index in [1.807, 2.05) is 27.2 Å². The number of carbonyl (C=O) groups excluding carboxylic acids is 1. The van der Waals surface area contributed by atoms with Gasteiger partial charge in [-0.2, -0.15) is 0 Å². The maximum absolute atomic E-state index is 12.9. The summed E-state index contributed by atoms with van der Waals surface area (Å²) in [6, 6.07) is -0.889. The van der Waals surface area contributed by atoms with Crippen molar-refractivity contribution >= 4 is 13.7 Å². The number of allylic oxidation sites excluding steroid dienone is 25. The summed E-state index contributed by atoms with van der Waals surface area (Å²) in [7, 11) is 1.51. The van der Waals surface area contributed by atoms with Crippen molar-refractivity contribution < 1.29 is 32.9 Å². The third kappa shape index (κ3) is 53.9. The van der Waals surface area contributed by atoms with Gasteiger partial charge in [-0.1, -0.05) is 210 Å². The smallest absolute Gasteiger partial charge is 0.387 e. The minimum Gasteiger partial charge on any atom is -0.387 e. The molecule has 0 saturated heterocycles. The topological polar surface area (TPSA) is 105 Å². The molecule has 72 heavy (non-hydrogen) atoms. The van der Waals surface area contributed by atoms with Gasteiger partial charge in [0.25, 0.3) is 0 Å². The molecule has 0 fully saturated rings. The number of unbranched alkanes of at least 4 members (excludes halogenated alkanes) is 11. The maximum atomic E-state index is 12.9. The van der Waals surface area contributed by atoms with Gasteiger partial charge in [0.05, 0.1) is 39.9 Å². The van der Waals surface area contributed by atoms with Crippen molar-refractivity contribution in [1.29, 1.82) is 0 Å². The monoisotopic (exact) mass is 1020 g/mol. The molecule has 9 heteroatoms. The van der Waals surface area contributed by atoms with Gasteiger partial charge in [0, 0.05) is 6.42 Å². The summed E-state index contributed by atoms with van der Waals surface area (Å²) in [5, 5.41) is 13.8. The summed E-state index contributed by atoms with van der Waals surface area (Å²) >= 11 is 0. The summed E-state index contributed by atoms with van der Waals surface area (Å²) < 4.78 is 23.6. The molecule has 0 bridgehead atoms. The second-order valence-electron chi connectivity index (χ2n) is 19.2. The van der Waals surface area contributed by atoms with Crippen molar-refractivity contribution in [3.8, 4) is 0 Å². The highest BCUT2D eigenvalue weighted by molar-refractivity contribution is 7.47. The van der Waals surface area contributed by atoms with Crippen molar-refractivity contribution in [2.45, 2.75) is 193 Å². The predicted molar refractivity (Wildman–Crippen MR) is 313 cm³/mol. The minimum atomic E-state index is -4.37. The Morgan fingerprint density at radius 2 is 0.847 bits per heavy atom. The van der Waals surface area contributed by atoms with E-state index in [9.17, 15) is 19.4 Å². The first-order valence-electron chi connectivity index (χ1n) is 27.9. The molecular formula is C63H104N2O6P+. The van der Waals surface area contributed by atoms with E-state index in [1.165, 1.54) is 19.3 Å². The normalized spacial score (nSPS) is 15.2. The van der Waals surface area contributed by atoms with Crippen LogP contribution in [0.3, 0.4) is 0 Å². The van der Waals surface area contributed by atoms with Gasteiger partial charge in [0.2, 0.25) is 5.91 Å². The van der Waals surface area contributed by atoms with Crippen molar-refractivity contribution in [3.05, 3.63) is 158 Å². The van der Waals surface area contributed by atoms with E-state index in [1.54, 1.807) is 6.08 Å². The van der Waals surface area contributed by atoms with E-state index in [0.717, 1.165) is 141 Å². The second-order valence-corrected chi connectivity index (χ2v) is 20.7. The van der Waals surface area contributed by atoms with Crippen molar-refractivity contribution in [3.63, 3.8) is 0 Å². The Hall–Kier alpha value is -3.88. The average molecular weight is 1020 g/mol. The number of rotatable bonds is 48. The maximum Gasteiger partial charge on any atom is 0.472 e. The Labute approximate surface area is 441 Å². The fourth-order valence-corrected chi connectivity index (χ4v) is 7.60. The quantitative estimate of drug-likeness (QED) is 0.0243. The van der Waals surface area contributed by atoms with E-state index in [-0.39, 0.29) is 19.1 Å². The Kier molecular flexibility index (Phi) is 49.2. The lowest BCUT2D eigenvalue weighted by Gasteiger charge is -2.25. The third-order valence-corrected chi connectivity index (χ3v) is 12.2. The fraction of sp³-hybridized carbons (Fsp3) is 0.571. The molecular weight excluding hydrogens is 912 g/mol. The number of quaternary nitrogens is 1.